The third-order valence-corrected chi connectivity index (χ3v) is 3.50. The smallest absolute Gasteiger partial charge is 0.313 e. The predicted octanol–water partition coefficient (Wildman–Crippen LogP) is 0.654. The van der Waals surface area contributed by atoms with Crippen LogP contribution in [0.15, 0.2) is 12.2 Å². The predicted molar refractivity (Wildman–Crippen MR) is 61.8 cm³/mol. The lowest BCUT2D eigenvalue weighted by molar-refractivity contribution is -0.718. The molecule has 1 aliphatic heterocycles. The molecule has 0 amide bonds. The van der Waals surface area contributed by atoms with E-state index >= 15 is 0 Å². The minimum atomic E-state index is 0.334. The molecular formula is C12H20N3O+. The highest BCUT2D eigenvalue weighted by atomic mass is 16.1. The second kappa shape index (κ2) is 5.28. The summed E-state index contributed by atoms with van der Waals surface area (Å²) in [7, 11) is 0. The van der Waals surface area contributed by atoms with Crippen LogP contribution < -0.4 is 5.32 Å². The summed E-state index contributed by atoms with van der Waals surface area (Å²) in [6.07, 6.45) is 6.29. The number of isocyanates is 1. The molecule has 1 aliphatic carbocycles. The summed E-state index contributed by atoms with van der Waals surface area (Å²) < 4.78 is 1.80. The maximum absolute atomic E-state index is 11.1. The standard InChI is InChI=1S/C12H20N3O/c1-11-2-4-12(5-3-11)15(10-16)14-8-6-13-7-9-14/h12-13H,1-9H2/q+1. The van der Waals surface area contributed by atoms with Crippen molar-refractivity contribution in [3.63, 3.8) is 0 Å². The highest BCUT2D eigenvalue weighted by molar-refractivity contribution is 5.25. The molecule has 4 heteroatoms. The fraction of sp³-hybridized carbons (Fsp3) is 0.750. The number of carbonyl (C=O) groups excluding carboxylic acids is 1. The van der Waals surface area contributed by atoms with Crippen molar-refractivity contribution in [2.75, 3.05) is 26.2 Å². The first kappa shape index (κ1) is 11.4. The highest BCUT2D eigenvalue weighted by Crippen LogP contribution is 2.24. The van der Waals surface area contributed by atoms with Crippen molar-refractivity contribution in [2.45, 2.75) is 31.7 Å². The molecule has 0 aromatic rings. The Labute approximate surface area is 96.6 Å². The average Bonchev–Trinajstić information content (AvgIpc) is 2.34. The molecule has 16 heavy (non-hydrogen) atoms. The number of nitrogens with zero attached hydrogens (tertiary/aromatic N) is 2. The van der Waals surface area contributed by atoms with E-state index in [1.165, 1.54) is 5.57 Å². The maximum Gasteiger partial charge on any atom is 0.456 e. The largest absolute Gasteiger partial charge is 0.456 e. The van der Waals surface area contributed by atoms with Gasteiger partial charge in [0.1, 0.15) is 0 Å². The molecule has 0 unspecified atom stereocenters. The van der Waals surface area contributed by atoms with Gasteiger partial charge in [0.05, 0.1) is 13.1 Å². The monoisotopic (exact) mass is 222 g/mol. The van der Waals surface area contributed by atoms with E-state index in [0.29, 0.717) is 6.04 Å². The first-order valence-corrected chi connectivity index (χ1v) is 6.10. The minimum Gasteiger partial charge on any atom is -0.313 e. The van der Waals surface area contributed by atoms with Gasteiger partial charge in [-0.15, -0.1) is 0 Å². The molecule has 1 saturated heterocycles. The van der Waals surface area contributed by atoms with Crippen LogP contribution in [0.5, 0.6) is 0 Å². The van der Waals surface area contributed by atoms with Crippen LogP contribution >= 0.6 is 0 Å². The van der Waals surface area contributed by atoms with Crippen LogP contribution in [0, 0.1) is 0 Å². The fourth-order valence-electron chi connectivity index (χ4n) is 2.49. The van der Waals surface area contributed by atoms with E-state index in [0.717, 1.165) is 51.9 Å². The number of piperazine rings is 1. The zero-order valence-corrected chi connectivity index (χ0v) is 9.74. The summed E-state index contributed by atoms with van der Waals surface area (Å²) in [5, 5.41) is 5.42. The summed E-state index contributed by atoms with van der Waals surface area (Å²) in [6, 6.07) is 0.334. The van der Waals surface area contributed by atoms with Crippen LogP contribution in [-0.4, -0.2) is 48.0 Å². The van der Waals surface area contributed by atoms with Crippen LogP contribution in [0.1, 0.15) is 25.7 Å². The molecule has 0 radical (unpaired) electrons. The van der Waals surface area contributed by atoms with Crippen LogP contribution in [0.25, 0.3) is 0 Å². The van der Waals surface area contributed by atoms with Gasteiger partial charge in [-0.1, -0.05) is 12.2 Å². The molecule has 0 bridgehead atoms. The van der Waals surface area contributed by atoms with Crippen molar-refractivity contribution in [2.24, 2.45) is 0 Å². The van der Waals surface area contributed by atoms with Gasteiger partial charge in [0.2, 0.25) is 0 Å². The Morgan fingerprint density at radius 2 is 1.94 bits per heavy atom. The topological polar surface area (TPSA) is 35.4 Å². The van der Waals surface area contributed by atoms with Gasteiger partial charge in [0.25, 0.3) is 0 Å². The van der Waals surface area contributed by atoms with Crippen molar-refractivity contribution in [3.05, 3.63) is 12.2 Å². The molecule has 0 aromatic carbocycles. The van der Waals surface area contributed by atoms with E-state index in [4.69, 9.17) is 0 Å². The van der Waals surface area contributed by atoms with Gasteiger partial charge in [-0.3, -0.25) is 0 Å². The Morgan fingerprint density at radius 3 is 2.50 bits per heavy atom. The quantitative estimate of drug-likeness (QED) is 0.322. The molecule has 1 N–H and O–H groups in total. The molecule has 0 atom stereocenters. The van der Waals surface area contributed by atoms with Crippen LogP contribution in [0.2, 0.25) is 0 Å². The SMILES string of the molecule is C=C1CCC([N+](=C=O)N2CCNCC2)CC1. The first-order valence-electron chi connectivity index (χ1n) is 6.10. The van der Waals surface area contributed by atoms with Crippen molar-refractivity contribution in [1.82, 2.24) is 10.3 Å². The summed E-state index contributed by atoms with van der Waals surface area (Å²) >= 11 is 0. The Kier molecular flexibility index (Phi) is 3.75. The number of hydrazine groups is 1. The van der Waals surface area contributed by atoms with E-state index < -0.39 is 0 Å². The lowest BCUT2D eigenvalue weighted by Gasteiger charge is -2.28. The lowest BCUT2D eigenvalue weighted by atomic mass is 9.92. The average molecular weight is 222 g/mol. The van der Waals surface area contributed by atoms with Crippen molar-refractivity contribution < 1.29 is 9.48 Å². The number of hydrazone groups is 1. The van der Waals surface area contributed by atoms with Crippen molar-refractivity contribution in [3.8, 4) is 0 Å². The summed E-state index contributed by atoms with van der Waals surface area (Å²) in [5.41, 5.74) is 1.32. The van der Waals surface area contributed by atoms with Gasteiger partial charge in [0, 0.05) is 25.9 Å². The van der Waals surface area contributed by atoms with Gasteiger partial charge in [-0.25, -0.2) is 0 Å². The molecule has 0 aromatic heterocycles. The van der Waals surface area contributed by atoms with Gasteiger partial charge in [-0.2, -0.15) is 9.80 Å². The Morgan fingerprint density at radius 1 is 1.31 bits per heavy atom. The number of rotatable bonds is 2. The summed E-state index contributed by atoms with van der Waals surface area (Å²) in [5.74, 6) is 0. The fourth-order valence-corrected chi connectivity index (χ4v) is 2.49. The van der Waals surface area contributed by atoms with Crippen LogP contribution in [0.4, 0.5) is 0 Å². The van der Waals surface area contributed by atoms with Crippen LogP contribution in [-0.2, 0) is 4.79 Å². The van der Waals surface area contributed by atoms with Crippen LogP contribution in [0.3, 0.4) is 0 Å². The van der Waals surface area contributed by atoms with E-state index in [2.05, 4.69) is 23.0 Å². The van der Waals surface area contributed by atoms with E-state index in [1.54, 1.807) is 4.68 Å². The van der Waals surface area contributed by atoms with Crippen molar-refractivity contribution >= 4 is 6.08 Å². The molecule has 88 valence electrons. The second-order valence-corrected chi connectivity index (χ2v) is 4.62. The molecular weight excluding hydrogens is 202 g/mol. The van der Waals surface area contributed by atoms with Gasteiger partial charge < -0.3 is 5.32 Å². The second-order valence-electron chi connectivity index (χ2n) is 4.62. The van der Waals surface area contributed by atoms with Gasteiger partial charge in [0.15, 0.2) is 6.04 Å². The molecule has 1 heterocycles. The number of allylic oxidation sites excluding steroid dienone is 1. The Balaban J connectivity index is 1.99. The third-order valence-electron chi connectivity index (χ3n) is 3.50. The number of hydrogen-bond donors (Lipinski definition) is 1. The lowest BCUT2D eigenvalue weighted by Crippen LogP contribution is -2.51. The summed E-state index contributed by atoms with van der Waals surface area (Å²) in [4.78, 5) is 11.1. The molecule has 2 aliphatic rings. The molecule has 0 spiro atoms. The third kappa shape index (κ3) is 2.52. The molecule has 4 nitrogen and oxygen atoms in total. The maximum atomic E-state index is 11.1. The van der Waals surface area contributed by atoms with Gasteiger partial charge >= 0.3 is 6.08 Å². The Bertz CT molecular complexity index is 304. The number of nitrogens with one attached hydrogen (secondary N) is 1. The molecule has 2 fully saturated rings. The van der Waals surface area contributed by atoms with Gasteiger partial charge in [-0.05, 0) is 17.5 Å². The molecule has 2 rings (SSSR count). The van der Waals surface area contributed by atoms with E-state index in [1.807, 2.05) is 0 Å². The normalized spacial score (nSPS) is 23.0. The van der Waals surface area contributed by atoms with E-state index in [-0.39, 0.29) is 0 Å². The Hall–Kier alpha value is -1.12. The first-order chi connectivity index (χ1) is 7.81. The summed E-state index contributed by atoms with van der Waals surface area (Å²) in [6.45, 7) is 7.74. The zero-order chi connectivity index (χ0) is 11.4. The zero-order valence-electron chi connectivity index (χ0n) is 9.74. The highest BCUT2D eigenvalue weighted by Gasteiger charge is 2.31. The number of hydrogen-bond acceptors (Lipinski definition) is 3. The van der Waals surface area contributed by atoms with Crippen molar-refractivity contribution in [1.29, 1.82) is 0 Å². The van der Waals surface area contributed by atoms with E-state index in [9.17, 15) is 4.79 Å². The minimum absolute atomic E-state index is 0.334. The molecule has 1 saturated carbocycles.